The van der Waals surface area contributed by atoms with Gasteiger partial charge in [0.1, 0.15) is 11.4 Å². The number of pyridine rings is 1. The van der Waals surface area contributed by atoms with Gasteiger partial charge in [0.25, 0.3) is 0 Å². The van der Waals surface area contributed by atoms with Gasteiger partial charge in [-0.3, -0.25) is 0 Å². The molecule has 3 aromatic rings. The zero-order chi connectivity index (χ0) is 15.0. The van der Waals surface area contributed by atoms with Crippen LogP contribution < -0.4 is 4.74 Å². The summed E-state index contributed by atoms with van der Waals surface area (Å²) in [6.45, 7) is 2.00. The number of aromatic nitrogens is 2. The largest absolute Gasteiger partial charge is 0.496 e. The van der Waals surface area contributed by atoms with Crippen molar-refractivity contribution >= 4 is 11.6 Å². The van der Waals surface area contributed by atoms with E-state index in [1.807, 2.05) is 31.3 Å². The Morgan fingerprint density at radius 1 is 1.29 bits per heavy atom. The molecule has 5 nitrogen and oxygen atoms in total. The third kappa shape index (κ3) is 2.33. The molecule has 3 rings (SSSR count). The number of rotatable bonds is 3. The number of aryl methyl sites for hydroxylation is 1. The van der Waals surface area contributed by atoms with Gasteiger partial charge in [-0.15, -0.1) is 0 Å². The first-order valence-corrected chi connectivity index (χ1v) is 6.45. The Balaban J connectivity index is 2.17. The highest BCUT2D eigenvalue weighted by atomic mass is 16.5. The Bertz CT molecular complexity index is 837. The minimum atomic E-state index is -0.963. The van der Waals surface area contributed by atoms with E-state index in [-0.39, 0.29) is 5.56 Å². The van der Waals surface area contributed by atoms with Crippen LogP contribution in [0.25, 0.3) is 16.9 Å². The number of carboxylic acid groups (broad SMARTS) is 1. The fraction of sp³-hybridized carbons (Fsp3) is 0.125. The van der Waals surface area contributed by atoms with Gasteiger partial charge in [0.05, 0.1) is 18.4 Å². The molecule has 2 heterocycles. The molecule has 21 heavy (non-hydrogen) atoms. The maximum absolute atomic E-state index is 11.0. The molecule has 0 aliphatic heterocycles. The van der Waals surface area contributed by atoms with Crippen molar-refractivity contribution in [1.29, 1.82) is 0 Å². The van der Waals surface area contributed by atoms with E-state index in [2.05, 4.69) is 4.98 Å². The Morgan fingerprint density at radius 2 is 2.10 bits per heavy atom. The molecular formula is C16H14N2O3. The lowest BCUT2D eigenvalue weighted by molar-refractivity contribution is 0.0697. The van der Waals surface area contributed by atoms with E-state index < -0.39 is 5.97 Å². The van der Waals surface area contributed by atoms with Crippen molar-refractivity contribution in [3.63, 3.8) is 0 Å². The molecule has 2 aromatic heterocycles. The normalized spacial score (nSPS) is 10.8. The summed E-state index contributed by atoms with van der Waals surface area (Å²) < 4.78 is 7.16. The van der Waals surface area contributed by atoms with Crippen LogP contribution in [0, 0.1) is 6.92 Å². The zero-order valence-electron chi connectivity index (χ0n) is 11.7. The van der Waals surface area contributed by atoms with Gasteiger partial charge in [0.2, 0.25) is 0 Å². The van der Waals surface area contributed by atoms with Crippen LogP contribution in [0.1, 0.15) is 15.9 Å². The number of fused-ring (bicyclic) bond motifs is 1. The van der Waals surface area contributed by atoms with E-state index in [4.69, 9.17) is 9.84 Å². The van der Waals surface area contributed by atoms with E-state index in [1.165, 1.54) is 0 Å². The summed E-state index contributed by atoms with van der Waals surface area (Å²) in [5.74, 6) is -0.224. The molecule has 0 spiro atoms. The smallest absolute Gasteiger partial charge is 0.335 e. The van der Waals surface area contributed by atoms with Crippen molar-refractivity contribution in [2.24, 2.45) is 0 Å². The van der Waals surface area contributed by atoms with Crippen molar-refractivity contribution in [1.82, 2.24) is 9.38 Å². The van der Waals surface area contributed by atoms with Crippen LogP contribution >= 0.6 is 0 Å². The molecule has 0 radical (unpaired) electrons. The Hall–Kier alpha value is -2.82. The van der Waals surface area contributed by atoms with Crippen LogP contribution in [0.2, 0.25) is 0 Å². The second kappa shape index (κ2) is 4.94. The fourth-order valence-corrected chi connectivity index (χ4v) is 2.27. The Labute approximate surface area is 121 Å². The SMILES string of the molecule is COc1ccc(C)cc1-c1cn2ccc(C(=O)O)cc2n1. The van der Waals surface area contributed by atoms with Gasteiger partial charge in [0.15, 0.2) is 0 Å². The predicted molar refractivity (Wildman–Crippen MR) is 78.9 cm³/mol. The summed E-state index contributed by atoms with van der Waals surface area (Å²) in [5.41, 5.74) is 3.55. The number of benzene rings is 1. The predicted octanol–water partition coefficient (Wildman–Crippen LogP) is 3.02. The number of nitrogens with zero attached hydrogens (tertiary/aromatic N) is 2. The van der Waals surface area contributed by atoms with Crippen molar-refractivity contribution < 1.29 is 14.6 Å². The minimum absolute atomic E-state index is 0.218. The van der Waals surface area contributed by atoms with Gasteiger partial charge in [-0.1, -0.05) is 11.6 Å². The minimum Gasteiger partial charge on any atom is -0.496 e. The molecule has 0 aliphatic rings. The highest BCUT2D eigenvalue weighted by molar-refractivity contribution is 5.88. The van der Waals surface area contributed by atoms with Gasteiger partial charge in [-0.05, 0) is 31.2 Å². The van der Waals surface area contributed by atoms with Crippen molar-refractivity contribution in [2.45, 2.75) is 6.92 Å². The number of carbonyl (C=O) groups is 1. The fourth-order valence-electron chi connectivity index (χ4n) is 2.27. The molecule has 106 valence electrons. The number of aromatic carboxylic acids is 1. The number of carboxylic acids is 1. The zero-order valence-corrected chi connectivity index (χ0v) is 11.7. The quantitative estimate of drug-likeness (QED) is 0.802. The van der Waals surface area contributed by atoms with Crippen LogP contribution in [-0.2, 0) is 0 Å². The number of ether oxygens (including phenoxy) is 1. The van der Waals surface area contributed by atoms with E-state index in [0.717, 1.165) is 22.6 Å². The summed E-state index contributed by atoms with van der Waals surface area (Å²) in [5, 5.41) is 9.03. The van der Waals surface area contributed by atoms with E-state index in [0.29, 0.717) is 5.65 Å². The van der Waals surface area contributed by atoms with Crippen molar-refractivity contribution in [3.8, 4) is 17.0 Å². The molecule has 0 saturated heterocycles. The second-order valence-electron chi connectivity index (χ2n) is 4.82. The number of methoxy groups -OCH3 is 1. The third-order valence-electron chi connectivity index (χ3n) is 3.34. The molecule has 0 aliphatic carbocycles. The van der Waals surface area contributed by atoms with E-state index in [9.17, 15) is 4.79 Å². The Kier molecular flexibility index (Phi) is 3.10. The maximum atomic E-state index is 11.0. The topological polar surface area (TPSA) is 63.8 Å². The molecule has 0 amide bonds. The van der Waals surface area contributed by atoms with Crippen LogP contribution in [0.5, 0.6) is 5.75 Å². The lowest BCUT2D eigenvalue weighted by Gasteiger charge is -2.06. The van der Waals surface area contributed by atoms with Gasteiger partial charge in [-0.2, -0.15) is 0 Å². The van der Waals surface area contributed by atoms with E-state index >= 15 is 0 Å². The first-order valence-electron chi connectivity index (χ1n) is 6.45. The van der Waals surface area contributed by atoms with Crippen LogP contribution in [-0.4, -0.2) is 27.6 Å². The van der Waals surface area contributed by atoms with Gasteiger partial charge in [-0.25, -0.2) is 9.78 Å². The monoisotopic (exact) mass is 282 g/mol. The Morgan fingerprint density at radius 3 is 2.81 bits per heavy atom. The molecule has 5 heteroatoms. The highest BCUT2D eigenvalue weighted by Gasteiger charge is 2.11. The first kappa shape index (κ1) is 13.2. The van der Waals surface area contributed by atoms with Crippen molar-refractivity contribution in [3.05, 3.63) is 53.9 Å². The van der Waals surface area contributed by atoms with Gasteiger partial charge < -0.3 is 14.2 Å². The molecular weight excluding hydrogens is 268 g/mol. The molecule has 0 fully saturated rings. The van der Waals surface area contributed by atoms with Gasteiger partial charge >= 0.3 is 5.97 Å². The standard InChI is InChI=1S/C16H14N2O3/c1-10-3-4-14(21-2)12(7-10)13-9-18-6-5-11(16(19)20)8-15(18)17-13/h3-9H,1-2H3,(H,19,20). The molecule has 1 N–H and O–H groups in total. The van der Waals surface area contributed by atoms with Crippen LogP contribution in [0.15, 0.2) is 42.7 Å². The highest BCUT2D eigenvalue weighted by Crippen LogP contribution is 2.30. The number of hydrogen-bond donors (Lipinski definition) is 1. The lowest BCUT2D eigenvalue weighted by Crippen LogP contribution is -1.96. The van der Waals surface area contributed by atoms with E-state index in [1.54, 1.807) is 29.8 Å². The summed E-state index contributed by atoms with van der Waals surface area (Å²) in [4.78, 5) is 15.5. The number of imidazole rings is 1. The second-order valence-corrected chi connectivity index (χ2v) is 4.82. The number of hydrogen-bond acceptors (Lipinski definition) is 3. The van der Waals surface area contributed by atoms with Crippen molar-refractivity contribution in [2.75, 3.05) is 7.11 Å². The summed E-state index contributed by atoms with van der Waals surface area (Å²) >= 11 is 0. The summed E-state index contributed by atoms with van der Waals surface area (Å²) in [7, 11) is 1.62. The maximum Gasteiger partial charge on any atom is 0.335 e. The van der Waals surface area contributed by atoms with Crippen LogP contribution in [0.3, 0.4) is 0 Å². The molecule has 0 saturated carbocycles. The molecule has 0 bridgehead atoms. The average molecular weight is 282 g/mol. The lowest BCUT2D eigenvalue weighted by atomic mass is 10.1. The van der Waals surface area contributed by atoms with Crippen LogP contribution in [0.4, 0.5) is 0 Å². The third-order valence-corrected chi connectivity index (χ3v) is 3.34. The van der Waals surface area contributed by atoms with Gasteiger partial charge in [0, 0.05) is 18.0 Å². The first-order chi connectivity index (χ1) is 10.1. The molecule has 0 unspecified atom stereocenters. The molecule has 1 aromatic carbocycles. The molecule has 0 atom stereocenters. The average Bonchev–Trinajstić information content (AvgIpc) is 2.89. The summed E-state index contributed by atoms with van der Waals surface area (Å²) in [6, 6.07) is 8.97. The summed E-state index contributed by atoms with van der Waals surface area (Å²) in [6.07, 6.45) is 3.55.